The fourth-order valence-electron chi connectivity index (χ4n) is 3.61. The van der Waals surface area contributed by atoms with Gasteiger partial charge in [0.25, 0.3) is 0 Å². The van der Waals surface area contributed by atoms with Crippen LogP contribution in [0, 0.1) is 6.92 Å². The monoisotopic (exact) mass is 507 g/mol. The SMILES string of the molecule is CCCCNC(=O)[C@@H](CC)N(Cc1ccc(Cl)cc1)C(=O)CN(c1cccc(C)c1)S(C)(=O)=O. The van der Waals surface area contributed by atoms with Crippen LogP contribution >= 0.6 is 11.6 Å². The molecular weight excluding hydrogens is 474 g/mol. The van der Waals surface area contributed by atoms with Crippen molar-refractivity contribution in [3.63, 3.8) is 0 Å². The van der Waals surface area contributed by atoms with Crippen molar-refractivity contribution in [2.45, 2.75) is 52.6 Å². The molecule has 0 aliphatic rings. The van der Waals surface area contributed by atoms with E-state index in [-0.39, 0.29) is 12.5 Å². The lowest BCUT2D eigenvalue weighted by Crippen LogP contribution is -2.52. The Kier molecular flexibility index (Phi) is 10.4. The minimum Gasteiger partial charge on any atom is -0.354 e. The molecule has 0 saturated carbocycles. The zero-order valence-electron chi connectivity index (χ0n) is 20.3. The molecule has 0 saturated heterocycles. The molecule has 2 amide bonds. The number of halogens is 1. The summed E-state index contributed by atoms with van der Waals surface area (Å²) in [5, 5.41) is 3.47. The molecular formula is C25H34ClN3O4S. The third-order valence-corrected chi connectivity index (χ3v) is 6.84. The molecule has 9 heteroatoms. The molecule has 0 radical (unpaired) electrons. The van der Waals surface area contributed by atoms with Gasteiger partial charge in [-0.25, -0.2) is 8.42 Å². The summed E-state index contributed by atoms with van der Waals surface area (Å²) in [6.07, 6.45) is 3.23. The number of hydrogen-bond acceptors (Lipinski definition) is 4. The van der Waals surface area contributed by atoms with Gasteiger partial charge < -0.3 is 10.2 Å². The fraction of sp³-hybridized carbons (Fsp3) is 0.440. The van der Waals surface area contributed by atoms with Gasteiger partial charge in [-0.1, -0.05) is 56.1 Å². The zero-order chi connectivity index (χ0) is 25.3. The Bertz CT molecular complexity index is 1070. The van der Waals surface area contributed by atoms with E-state index in [1.807, 2.05) is 26.8 Å². The van der Waals surface area contributed by atoms with Gasteiger partial charge in [-0.2, -0.15) is 0 Å². The molecule has 0 aliphatic carbocycles. The topological polar surface area (TPSA) is 86.8 Å². The van der Waals surface area contributed by atoms with E-state index in [1.54, 1.807) is 42.5 Å². The van der Waals surface area contributed by atoms with E-state index in [9.17, 15) is 18.0 Å². The van der Waals surface area contributed by atoms with Gasteiger partial charge in [0.05, 0.1) is 11.9 Å². The molecule has 0 bridgehead atoms. The van der Waals surface area contributed by atoms with Crippen LogP contribution in [0.4, 0.5) is 5.69 Å². The minimum atomic E-state index is -3.74. The highest BCUT2D eigenvalue weighted by Crippen LogP contribution is 2.21. The highest BCUT2D eigenvalue weighted by Gasteiger charge is 2.31. The van der Waals surface area contributed by atoms with E-state index in [0.717, 1.165) is 34.5 Å². The maximum atomic E-state index is 13.6. The molecule has 0 spiro atoms. The van der Waals surface area contributed by atoms with Crippen molar-refractivity contribution in [2.24, 2.45) is 0 Å². The Morgan fingerprint density at radius 2 is 1.76 bits per heavy atom. The molecule has 2 aromatic carbocycles. The van der Waals surface area contributed by atoms with Crippen LogP contribution in [0.3, 0.4) is 0 Å². The number of unbranched alkanes of at least 4 members (excludes halogenated alkanes) is 1. The first-order valence-corrected chi connectivity index (χ1v) is 13.7. The Labute approximate surface area is 208 Å². The van der Waals surface area contributed by atoms with Crippen LogP contribution in [0.5, 0.6) is 0 Å². The molecule has 0 aromatic heterocycles. The van der Waals surface area contributed by atoms with E-state index < -0.39 is 28.5 Å². The molecule has 186 valence electrons. The molecule has 0 aliphatic heterocycles. The number of nitrogens with zero attached hydrogens (tertiary/aromatic N) is 2. The third-order valence-electron chi connectivity index (χ3n) is 5.45. The number of anilines is 1. The summed E-state index contributed by atoms with van der Waals surface area (Å²) in [6.45, 7) is 5.99. The van der Waals surface area contributed by atoms with E-state index >= 15 is 0 Å². The first kappa shape index (κ1) is 27.7. The normalized spacial score (nSPS) is 12.1. The van der Waals surface area contributed by atoms with Crippen LogP contribution in [0.25, 0.3) is 0 Å². The Morgan fingerprint density at radius 3 is 2.32 bits per heavy atom. The zero-order valence-corrected chi connectivity index (χ0v) is 21.8. The second-order valence-electron chi connectivity index (χ2n) is 8.33. The molecule has 1 atom stereocenters. The van der Waals surface area contributed by atoms with Crippen LogP contribution in [-0.2, 0) is 26.2 Å². The number of carbonyl (C=O) groups is 2. The quantitative estimate of drug-likeness (QED) is 0.437. The lowest BCUT2D eigenvalue weighted by molar-refractivity contribution is -0.140. The van der Waals surface area contributed by atoms with Gasteiger partial charge in [0.2, 0.25) is 21.8 Å². The predicted molar refractivity (Wildman–Crippen MR) is 137 cm³/mol. The smallest absolute Gasteiger partial charge is 0.244 e. The van der Waals surface area contributed by atoms with Crippen LogP contribution < -0.4 is 9.62 Å². The highest BCUT2D eigenvalue weighted by molar-refractivity contribution is 7.92. The lowest BCUT2D eigenvalue weighted by atomic mass is 10.1. The summed E-state index contributed by atoms with van der Waals surface area (Å²) >= 11 is 6.00. The third kappa shape index (κ3) is 8.02. The average Bonchev–Trinajstić information content (AvgIpc) is 2.78. The number of rotatable bonds is 12. The second-order valence-corrected chi connectivity index (χ2v) is 10.7. The summed E-state index contributed by atoms with van der Waals surface area (Å²) < 4.78 is 26.3. The maximum absolute atomic E-state index is 13.6. The number of hydrogen-bond donors (Lipinski definition) is 1. The fourth-order valence-corrected chi connectivity index (χ4v) is 4.58. The first-order chi connectivity index (χ1) is 16.1. The Balaban J connectivity index is 2.39. The van der Waals surface area contributed by atoms with Crippen molar-refractivity contribution in [2.75, 3.05) is 23.7 Å². The van der Waals surface area contributed by atoms with E-state index in [0.29, 0.717) is 23.7 Å². The van der Waals surface area contributed by atoms with E-state index in [1.165, 1.54) is 4.90 Å². The summed E-state index contributed by atoms with van der Waals surface area (Å²) in [5.74, 6) is -0.709. The van der Waals surface area contributed by atoms with Gasteiger partial charge in [0, 0.05) is 18.1 Å². The van der Waals surface area contributed by atoms with Crippen LogP contribution in [0.1, 0.15) is 44.2 Å². The van der Waals surface area contributed by atoms with Crippen molar-refractivity contribution in [1.29, 1.82) is 0 Å². The van der Waals surface area contributed by atoms with Crippen LogP contribution in [0.15, 0.2) is 48.5 Å². The standard InChI is InChI=1S/C25H34ClN3O4S/c1-5-7-15-27-25(31)23(6-2)28(17-20-11-13-21(26)14-12-20)24(30)18-29(34(4,32)33)22-10-8-9-19(3)16-22/h8-14,16,23H,5-7,15,17-18H2,1-4H3,(H,27,31)/t23-/m1/s1. The van der Waals surface area contributed by atoms with E-state index in [2.05, 4.69) is 5.32 Å². The molecule has 2 aromatic rings. The van der Waals surface area contributed by atoms with Gasteiger partial charge in [-0.15, -0.1) is 0 Å². The minimum absolute atomic E-state index is 0.154. The largest absolute Gasteiger partial charge is 0.354 e. The number of nitrogens with one attached hydrogen (secondary N) is 1. The van der Waals surface area contributed by atoms with Gasteiger partial charge in [-0.3, -0.25) is 13.9 Å². The number of carbonyl (C=O) groups excluding carboxylic acids is 2. The number of sulfonamides is 1. The summed E-state index contributed by atoms with van der Waals surface area (Å²) in [6, 6.07) is 13.2. The Hall–Kier alpha value is -2.58. The lowest BCUT2D eigenvalue weighted by Gasteiger charge is -2.33. The van der Waals surface area contributed by atoms with Crippen molar-refractivity contribution in [1.82, 2.24) is 10.2 Å². The van der Waals surface area contributed by atoms with E-state index in [4.69, 9.17) is 11.6 Å². The van der Waals surface area contributed by atoms with Crippen molar-refractivity contribution in [3.8, 4) is 0 Å². The molecule has 7 nitrogen and oxygen atoms in total. The van der Waals surface area contributed by atoms with Crippen molar-refractivity contribution < 1.29 is 18.0 Å². The average molecular weight is 508 g/mol. The highest BCUT2D eigenvalue weighted by atomic mass is 35.5. The maximum Gasteiger partial charge on any atom is 0.244 e. The van der Waals surface area contributed by atoms with Gasteiger partial charge in [0.1, 0.15) is 12.6 Å². The van der Waals surface area contributed by atoms with Crippen LogP contribution in [0.2, 0.25) is 5.02 Å². The van der Waals surface area contributed by atoms with Crippen LogP contribution in [-0.4, -0.2) is 50.5 Å². The number of benzene rings is 2. The first-order valence-electron chi connectivity index (χ1n) is 11.4. The predicted octanol–water partition coefficient (Wildman–Crippen LogP) is 4.14. The molecule has 2 rings (SSSR count). The van der Waals surface area contributed by atoms with Crippen molar-refractivity contribution in [3.05, 3.63) is 64.7 Å². The number of amides is 2. The summed E-state index contributed by atoms with van der Waals surface area (Å²) in [5.41, 5.74) is 2.07. The summed E-state index contributed by atoms with van der Waals surface area (Å²) in [7, 11) is -3.74. The van der Waals surface area contributed by atoms with Crippen molar-refractivity contribution >= 4 is 39.1 Å². The van der Waals surface area contributed by atoms with Gasteiger partial charge in [-0.05, 0) is 55.2 Å². The van der Waals surface area contributed by atoms with Gasteiger partial charge in [0.15, 0.2) is 0 Å². The Morgan fingerprint density at radius 1 is 1.09 bits per heavy atom. The molecule has 0 unspecified atom stereocenters. The molecule has 0 fully saturated rings. The molecule has 1 N–H and O–H groups in total. The number of aryl methyl sites for hydroxylation is 1. The molecule has 34 heavy (non-hydrogen) atoms. The summed E-state index contributed by atoms with van der Waals surface area (Å²) in [4.78, 5) is 28.0. The van der Waals surface area contributed by atoms with Gasteiger partial charge >= 0.3 is 0 Å². The molecule has 0 heterocycles. The second kappa shape index (κ2) is 12.8.